The van der Waals surface area contributed by atoms with Crippen molar-refractivity contribution in [2.45, 2.75) is 13.3 Å². The molecule has 106 valence electrons. The highest BCUT2D eigenvalue weighted by Gasteiger charge is 2.03. The molecule has 0 bridgehead atoms. The van der Waals surface area contributed by atoms with Crippen LogP contribution in [0, 0.1) is 0 Å². The number of phenols is 2. The van der Waals surface area contributed by atoms with E-state index in [1.807, 2.05) is 18.2 Å². The van der Waals surface area contributed by atoms with Crippen LogP contribution in [0.2, 0.25) is 0 Å². The van der Waals surface area contributed by atoms with Crippen molar-refractivity contribution in [3.8, 4) is 11.5 Å². The highest BCUT2D eigenvalue weighted by molar-refractivity contribution is 5.89. The third kappa shape index (κ3) is 5.02. The summed E-state index contributed by atoms with van der Waals surface area (Å²) in [6, 6.07) is 13.2. The molecule has 2 N–H and O–H groups in total. The second-order valence-corrected chi connectivity index (χ2v) is 4.06. The number of esters is 1. The van der Waals surface area contributed by atoms with Gasteiger partial charge in [0.25, 0.3) is 0 Å². The number of hydrogen-bond acceptors (Lipinski definition) is 4. The van der Waals surface area contributed by atoms with Gasteiger partial charge in [-0.3, -0.25) is 0 Å². The first-order chi connectivity index (χ1) is 9.56. The van der Waals surface area contributed by atoms with Crippen molar-refractivity contribution in [1.82, 2.24) is 0 Å². The minimum absolute atomic E-state index is 0.169. The van der Waals surface area contributed by atoms with Crippen LogP contribution in [0.1, 0.15) is 22.8 Å². The zero-order valence-electron chi connectivity index (χ0n) is 11.5. The summed E-state index contributed by atoms with van der Waals surface area (Å²) in [6.45, 7) is 2.05. The predicted octanol–water partition coefficient (Wildman–Crippen LogP) is 3.13. The van der Waals surface area contributed by atoms with Crippen LogP contribution < -0.4 is 0 Å². The Morgan fingerprint density at radius 3 is 2.05 bits per heavy atom. The average Bonchev–Trinajstić information content (AvgIpc) is 2.50. The van der Waals surface area contributed by atoms with Crippen LogP contribution in [0.25, 0.3) is 0 Å². The number of benzene rings is 2. The maximum absolute atomic E-state index is 11.1. The molecule has 0 amide bonds. The van der Waals surface area contributed by atoms with E-state index in [0.29, 0.717) is 5.56 Å². The van der Waals surface area contributed by atoms with Crippen molar-refractivity contribution < 1.29 is 19.7 Å². The van der Waals surface area contributed by atoms with E-state index in [2.05, 4.69) is 11.7 Å². The Morgan fingerprint density at radius 1 is 1.05 bits per heavy atom. The molecule has 20 heavy (non-hydrogen) atoms. The van der Waals surface area contributed by atoms with Gasteiger partial charge >= 0.3 is 5.97 Å². The molecule has 0 saturated heterocycles. The van der Waals surface area contributed by atoms with Gasteiger partial charge in [-0.15, -0.1) is 0 Å². The number of aromatic hydroxyl groups is 2. The summed E-state index contributed by atoms with van der Waals surface area (Å²) in [5, 5.41) is 17.3. The molecule has 2 rings (SSSR count). The van der Waals surface area contributed by atoms with Crippen LogP contribution in [0.5, 0.6) is 11.5 Å². The Bertz CT molecular complexity index is 526. The van der Waals surface area contributed by atoms with Crippen LogP contribution in [0.15, 0.2) is 48.5 Å². The molecule has 0 aliphatic carbocycles. The van der Waals surface area contributed by atoms with E-state index in [4.69, 9.17) is 10.2 Å². The first kappa shape index (κ1) is 15.6. The zero-order chi connectivity index (χ0) is 15.0. The lowest BCUT2D eigenvalue weighted by Gasteiger charge is -2.00. The molecule has 0 aliphatic rings. The van der Waals surface area contributed by atoms with Crippen molar-refractivity contribution in [1.29, 1.82) is 0 Å². The molecule has 2 aromatic rings. The van der Waals surface area contributed by atoms with E-state index >= 15 is 0 Å². The molecule has 0 unspecified atom stereocenters. The number of aryl methyl sites for hydroxylation is 1. The van der Waals surface area contributed by atoms with E-state index in [9.17, 15) is 4.79 Å². The summed E-state index contributed by atoms with van der Waals surface area (Å²) < 4.78 is 4.60. The van der Waals surface area contributed by atoms with Gasteiger partial charge in [0.05, 0.1) is 12.7 Å². The second-order valence-electron chi connectivity index (χ2n) is 4.06. The first-order valence-electron chi connectivity index (χ1n) is 6.22. The molecule has 2 aromatic carbocycles. The maximum atomic E-state index is 11.1. The van der Waals surface area contributed by atoms with Gasteiger partial charge < -0.3 is 14.9 Å². The summed E-state index contributed by atoms with van der Waals surface area (Å²) in [5.74, 6) is 0.0656. The Morgan fingerprint density at radius 2 is 1.60 bits per heavy atom. The molecular formula is C16H18O4. The third-order valence-corrected chi connectivity index (χ3v) is 2.61. The summed E-state index contributed by atoms with van der Waals surface area (Å²) in [6.07, 6.45) is 0.935. The molecule has 0 aliphatic heterocycles. The highest BCUT2D eigenvalue weighted by atomic mass is 16.5. The van der Waals surface area contributed by atoms with Gasteiger partial charge in [-0.2, -0.15) is 0 Å². The summed E-state index contributed by atoms with van der Waals surface area (Å²) >= 11 is 0. The van der Waals surface area contributed by atoms with E-state index in [1.54, 1.807) is 6.07 Å². The van der Waals surface area contributed by atoms with E-state index in [1.165, 1.54) is 31.4 Å². The zero-order valence-corrected chi connectivity index (χ0v) is 11.5. The number of rotatable bonds is 2. The molecule has 0 heterocycles. The fraction of sp³-hybridized carbons (Fsp3) is 0.188. The van der Waals surface area contributed by atoms with Crippen molar-refractivity contribution in [3.63, 3.8) is 0 Å². The van der Waals surface area contributed by atoms with Gasteiger partial charge in [0, 0.05) is 0 Å². The van der Waals surface area contributed by atoms with Gasteiger partial charge in [0.1, 0.15) is 11.5 Å². The van der Waals surface area contributed by atoms with Gasteiger partial charge in [-0.25, -0.2) is 4.79 Å². The van der Waals surface area contributed by atoms with Gasteiger partial charge in [0.2, 0.25) is 0 Å². The smallest absolute Gasteiger partial charge is 0.337 e. The number of carbonyl (C=O) groups is 1. The molecule has 4 heteroatoms. The highest BCUT2D eigenvalue weighted by Crippen LogP contribution is 2.13. The summed E-state index contributed by atoms with van der Waals surface area (Å²) in [4.78, 5) is 11.1. The molecule has 0 aromatic heterocycles. The number of phenolic OH excluding ortho intramolecular Hbond substituents is 2. The van der Waals surface area contributed by atoms with Crippen molar-refractivity contribution >= 4 is 5.97 Å². The van der Waals surface area contributed by atoms with Crippen LogP contribution in [0.3, 0.4) is 0 Å². The van der Waals surface area contributed by atoms with Crippen molar-refractivity contribution in [2.75, 3.05) is 7.11 Å². The normalized spacial score (nSPS) is 9.30. The third-order valence-electron chi connectivity index (χ3n) is 2.61. The average molecular weight is 274 g/mol. The lowest BCUT2D eigenvalue weighted by molar-refractivity contribution is 0.0600. The number of hydrogen-bond donors (Lipinski definition) is 2. The van der Waals surface area contributed by atoms with Crippen molar-refractivity contribution in [2.24, 2.45) is 0 Å². The van der Waals surface area contributed by atoms with Gasteiger partial charge in [-0.05, 0) is 48.4 Å². The molecule has 0 radical (unpaired) electrons. The fourth-order valence-electron chi connectivity index (χ4n) is 1.49. The minimum Gasteiger partial charge on any atom is -0.508 e. The van der Waals surface area contributed by atoms with Crippen LogP contribution in [-0.4, -0.2) is 23.3 Å². The van der Waals surface area contributed by atoms with Crippen LogP contribution in [-0.2, 0) is 11.2 Å². The standard InChI is InChI=1S/C10H12O2.C6H6O2/c1-3-8-5-4-6-9(7-8)10(11)12-2;7-5-1-2-6(8)4-3-5/h4-7H,3H2,1-2H3;1-4,7-8H. The number of methoxy groups -OCH3 is 1. The first-order valence-corrected chi connectivity index (χ1v) is 6.22. The summed E-state index contributed by atoms with van der Waals surface area (Å²) in [7, 11) is 1.39. The van der Waals surface area contributed by atoms with Crippen LogP contribution >= 0.6 is 0 Å². The fourth-order valence-corrected chi connectivity index (χ4v) is 1.49. The van der Waals surface area contributed by atoms with E-state index in [0.717, 1.165) is 12.0 Å². The quantitative estimate of drug-likeness (QED) is 0.652. The largest absolute Gasteiger partial charge is 0.508 e. The van der Waals surface area contributed by atoms with Crippen LogP contribution in [0.4, 0.5) is 0 Å². The Balaban J connectivity index is 0.000000217. The molecule has 0 saturated carbocycles. The maximum Gasteiger partial charge on any atom is 0.337 e. The molecule has 0 spiro atoms. The lowest BCUT2D eigenvalue weighted by atomic mass is 10.1. The Kier molecular flexibility index (Phi) is 6.10. The van der Waals surface area contributed by atoms with Gasteiger partial charge in [0.15, 0.2) is 0 Å². The number of ether oxygens (including phenoxy) is 1. The predicted molar refractivity (Wildman–Crippen MR) is 76.9 cm³/mol. The molecule has 4 nitrogen and oxygen atoms in total. The van der Waals surface area contributed by atoms with E-state index in [-0.39, 0.29) is 17.5 Å². The molecule has 0 fully saturated rings. The second kappa shape index (κ2) is 7.84. The van der Waals surface area contributed by atoms with Crippen molar-refractivity contribution in [3.05, 3.63) is 59.7 Å². The van der Waals surface area contributed by atoms with Gasteiger partial charge in [-0.1, -0.05) is 19.1 Å². The summed E-state index contributed by atoms with van der Waals surface area (Å²) in [5.41, 5.74) is 1.77. The number of carbonyl (C=O) groups excluding carboxylic acids is 1. The molecular weight excluding hydrogens is 256 g/mol. The molecule has 0 atom stereocenters. The Labute approximate surface area is 118 Å². The topological polar surface area (TPSA) is 66.8 Å². The SMILES string of the molecule is CCc1cccc(C(=O)OC)c1.Oc1ccc(O)cc1. The monoisotopic (exact) mass is 274 g/mol. The van der Waals surface area contributed by atoms with E-state index < -0.39 is 0 Å². The Hall–Kier alpha value is -2.49. The minimum atomic E-state index is -0.273. The lowest BCUT2D eigenvalue weighted by Crippen LogP contribution is -2.01.